The summed E-state index contributed by atoms with van der Waals surface area (Å²) < 4.78 is 77.9. The Balaban J connectivity index is 0.00000392. The van der Waals surface area contributed by atoms with Crippen molar-refractivity contribution in [3.05, 3.63) is 59.7 Å². The third kappa shape index (κ3) is 8.66. The van der Waals surface area contributed by atoms with Crippen molar-refractivity contribution < 1.29 is 40.5 Å². The van der Waals surface area contributed by atoms with Gasteiger partial charge in [0.2, 0.25) is 0 Å². The molecule has 0 fully saturated rings. The molecule has 2 atom stereocenters. The molecule has 0 radical (unpaired) electrons. The van der Waals surface area contributed by atoms with Gasteiger partial charge in [0.15, 0.2) is 17.1 Å². The number of halogens is 2. The fourth-order valence-corrected chi connectivity index (χ4v) is 3.84. The van der Waals surface area contributed by atoms with Crippen molar-refractivity contribution >= 4 is 69.8 Å². The summed E-state index contributed by atoms with van der Waals surface area (Å²) in [5.41, 5.74) is -1.05. The van der Waals surface area contributed by atoms with Gasteiger partial charge in [-0.05, 0) is 49.1 Å². The average Bonchev–Trinajstić information content (AvgIpc) is 2.56. The Hall–Kier alpha value is -0.204. The normalized spacial score (nSPS) is 13.4. The minimum atomic E-state index is -4.62. The molecule has 0 heterocycles. The van der Waals surface area contributed by atoms with Crippen molar-refractivity contribution in [3.63, 3.8) is 0 Å². The number of benzene rings is 2. The van der Waals surface area contributed by atoms with Crippen LogP contribution in [0.25, 0.3) is 0 Å². The van der Waals surface area contributed by atoms with Gasteiger partial charge < -0.3 is 9.63 Å². The first-order chi connectivity index (χ1) is 12.6. The quantitative estimate of drug-likeness (QED) is 0.335. The van der Waals surface area contributed by atoms with E-state index >= 15 is 0 Å². The molecule has 0 spiro atoms. The predicted octanol–water partition coefficient (Wildman–Crippen LogP) is 3.04. The third-order valence-electron chi connectivity index (χ3n) is 3.49. The summed E-state index contributed by atoms with van der Waals surface area (Å²) in [7, 11) is -8.14. The van der Waals surface area contributed by atoms with Crippen LogP contribution >= 0.6 is 8.25 Å². The first-order valence-electron chi connectivity index (χ1n) is 7.73. The van der Waals surface area contributed by atoms with Crippen LogP contribution in [0, 0.1) is 11.6 Å². The van der Waals surface area contributed by atoms with Crippen molar-refractivity contribution in [1.29, 1.82) is 0 Å². The first-order valence-corrected chi connectivity index (χ1v) is 10.5. The van der Waals surface area contributed by atoms with Gasteiger partial charge in [0.05, 0.1) is 0 Å². The molecule has 12 heteroatoms. The van der Waals surface area contributed by atoms with Crippen LogP contribution in [0.5, 0.6) is 11.5 Å². The Bertz CT molecular complexity index is 927. The van der Waals surface area contributed by atoms with Gasteiger partial charge in [-0.1, -0.05) is 12.1 Å². The minimum absolute atomic E-state index is 0. The van der Waals surface area contributed by atoms with E-state index in [1.807, 2.05) is 0 Å². The van der Waals surface area contributed by atoms with Gasteiger partial charge in [-0.3, -0.25) is 13.6 Å². The first kappa shape index (κ1) is 25.8. The van der Waals surface area contributed by atoms with Crippen LogP contribution in [0.1, 0.15) is 18.4 Å². The fraction of sp³-hybridized carbons (Fsp3) is 0.250. The van der Waals surface area contributed by atoms with E-state index in [9.17, 15) is 21.8 Å². The van der Waals surface area contributed by atoms with Crippen molar-refractivity contribution in [1.82, 2.24) is 0 Å². The van der Waals surface area contributed by atoms with Crippen molar-refractivity contribution in [2.24, 2.45) is 0 Å². The Morgan fingerprint density at radius 2 is 1.75 bits per heavy atom. The molecule has 0 amide bonds. The summed E-state index contributed by atoms with van der Waals surface area (Å²) in [5, 5.41) is 0. The van der Waals surface area contributed by atoms with Crippen LogP contribution in [0.4, 0.5) is 8.78 Å². The Morgan fingerprint density at radius 3 is 2.36 bits per heavy atom. The number of hydrogen-bond donors (Lipinski definition) is 2. The van der Waals surface area contributed by atoms with Crippen molar-refractivity contribution in [2.45, 2.75) is 24.7 Å². The SMILES string of the molecule is O=[PH](O)OC(CCCc1cccc(Oc2ccc(F)c(F)c2)c1)S(=O)(=O)O.[KH]. The number of aryl methyl sites for hydroxylation is 1. The van der Waals surface area contributed by atoms with Crippen LogP contribution < -0.4 is 4.74 Å². The molecule has 0 aromatic heterocycles. The monoisotopic (exact) mass is 462 g/mol. The van der Waals surface area contributed by atoms with E-state index in [1.54, 1.807) is 24.3 Å². The van der Waals surface area contributed by atoms with Crippen LogP contribution in [0.3, 0.4) is 0 Å². The van der Waals surface area contributed by atoms with Crippen LogP contribution in [0.2, 0.25) is 0 Å². The van der Waals surface area contributed by atoms with Gasteiger partial charge in [0, 0.05) is 6.07 Å². The topological polar surface area (TPSA) is 110 Å². The molecule has 2 aromatic carbocycles. The number of ether oxygens (including phenoxy) is 1. The van der Waals surface area contributed by atoms with E-state index in [4.69, 9.17) is 14.2 Å². The van der Waals surface area contributed by atoms with E-state index in [0.29, 0.717) is 12.2 Å². The zero-order chi connectivity index (χ0) is 20.0. The van der Waals surface area contributed by atoms with Crippen LogP contribution in [-0.4, -0.2) is 74.7 Å². The van der Waals surface area contributed by atoms with Crippen LogP contribution in [0.15, 0.2) is 42.5 Å². The molecule has 2 aromatic rings. The fourth-order valence-electron chi connectivity index (χ4n) is 2.29. The summed E-state index contributed by atoms with van der Waals surface area (Å²) in [6.45, 7) is 0. The second kappa shape index (κ2) is 11.8. The Morgan fingerprint density at radius 1 is 1.07 bits per heavy atom. The number of hydrogen-bond acceptors (Lipinski definition) is 5. The summed E-state index contributed by atoms with van der Waals surface area (Å²) >= 11 is 0. The molecule has 0 saturated carbocycles. The molecule has 2 N–H and O–H groups in total. The van der Waals surface area contributed by atoms with Crippen molar-refractivity contribution in [3.8, 4) is 11.5 Å². The zero-order valence-corrected chi connectivity index (χ0v) is 15.7. The van der Waals surface area contributed by atoms with Gasteiger partial charge >= 0.3 is 59.6 Å². The van der Waals surface area contributed by atoms with E-state index in [1.165, 1.54) is 6.07 Å². The molecule has 0 aliphatic heterocycles. The van der Waals surface area contributed by atoms with Gasteiger partial charge in [0.1, 0.15) is 11.5 Å². The van der Waals surface area contributed by atoms with Crippen molar-refractivity contribution in [2.75, 3.05) is 0 Å². The molecule has 7 nitrogen and oxygen atoms in total. The van der Waals surface area contributed by atoms with E-state index in [-0.39, 0.29) is 70.0 Å². The van der Waals surface area contributed by atoms with E-state index < -0.39 is 35.4 Å². The molecule has 0 aliphatic carbocycles. The molecule has 0 bridgehead atoms. The van der Waals surface area contributed by atoms with Gasteiger partial charge in [-0.25, -0.2) is 8.78 Å². The summed E-state index contributed by atoms with van der Waals surface area (Å²) in [5.74, 6) is -1.55. The van der Waals surface area contributed by atoms with Gasteiger partial charge in [0.25, 0.3) is 10.1 Å². The summed E-state index contributed by atoms with van der Waals surface area (Å²) in [6.07, 6.45) is 0.398. The third-order valence-corrected chi connectivity index (χ3v) is 5.15. The zero-order valence-electron chi connectivity index (χ0n) is 13.8. The van der Waals surface area contributed by atoms with Crippen LogP contribution in [-0.2, 0) is 25.6 Å². The second-order valence-electron chi connectivity index (χ2n) is 5.55. The molecule has 0 aliphatic rings. The predicted molar refractivity (Wildman–Crippen MR) is 101 cm³/mol. The molecular formula is C16H18F2KO7PS. The standard InChI is InChI=1S/C16H17F2O7PS.K.H/c17-14-8-7-13(10-15(14)18)24-12-5-1-3-11(9-12)4-2-6-16(25-26(19)20)27(21,22)23;;/h1,3,5,7-10,16,26H,2,4,6H2,(H,19,20)(H,21,22,23);;. The van der Waals surface area contributed by atoms with Gasteiger partial charge in [-0.15, -0.1) is 0 Å². The maximum absolute atomic E-state index is 13.2. The molecule has 150 valence electrons. The summed E-state index contributed by atoms with van der Waals surface area (Å²) in [4.78, 5) is 8.70. The Labute approximate surface area is 204 Å². The molecular weight excluding hydrogens is 444 g/mol. The Kier molecular flexibility index (Phi) is 10.9. The molecule has 0 saturated heterocycles. The van der Waals surface area contributed by atoms with Gasteiger partial charge in [-0.2, -0.15) is 8.42 Å². The molecule has 2 unspecified atom stereocenters. The van der Waals surface area contributed by atoms with E-state index in [2.05, 4.69) is 4.52 Å². The van der Waals surface area contributed by atoms with E-state index in [0.717, 1.165) is 17.7 Å². The molecule has 28 heavy (non-hydrogen) atoms. The average molecular weight is 462 g/mol. The maximum atomic E-state index is 13.2. The summed E-state index contributed by atoms with van der Waals surface area (Å²) in [6, 6.07) is 9.75. The molecule has 2 rings (SSSR count). The number of rotatable bonds is 9. The second-order valence-corrected chi connectivity index (χ2v) is 7.87.